The van der Waals surface area contributed by atoms with E-state index in [0.29, 0.717) is 28.8 Å². The molecule has 0 saturated heterocycles. The van der Waals surface area contributed by atoms with E-state index in [-0.39, 0.29) is 25.0 Å². The van der Waals surface area contributed by atoms with Crippen molar-refractivity contribution in [3.63, 3.8) is 0 Å². The highest BCUT2D eigenvalue weighted by molar-refractivity contribution is 6.32. The van der Waals surface area contributed by atoms with Crippen molar-refractivity contribution in [3.05, 3.63) is 53.1 Å². The first-order chi connectivity index (χ1) is 13.5. The van der Waals surface area contributed by atoms with Crippen molar-refractivity contribution >= 4 is 29.1 Å². The number of halogens is 1. The number of rotatable bonds is 6. The summed E-state index contributed by atoms with van der Waals surface area (Å²) in [4.78, 5) is 26.8. The fourth-order valence-corrected chi connectivity index (χ4v) is 3.08. The summed E-state index contributed by atoms with van der Waals surface area (Å²) in [6.45, 7) is 4.38. The molecule has 0 radical (unpaired) electrons. The molecule has 3 rings (SSSR count). The largest absolute Gasteiger partial charge is 0.482 e. The molecule has 1 heterocycles. The quantitative estimate of drug-likeness (QED) is 0.804. The second-order valence-electron chi connectivity index (χ2n) is 6.59. The molecule has 2 amide bonds. The van der Waals surface area contributed by atoms with E-state index < -0.39 is 6.10 Å². The third-order valence-electron chi connectivity index (χ3n) is 4.35. The van der Waals surface area contributed by atoms with E-state index in [9.17, 15) is 9.59 Å². The summed E-state index contributed by atoms with van der Waals surface area (Å²) in [6.07, 6.45) is 0.0518. The Balaban J connectivity index is 1.75. The summed E-state index contributed by atoms with van der Waals surface area (Å²) in [5.74, 6) is 0.430. The van der Waals surface area contributed by atoms with E-state index in [1.807, 2.05) is 26.0 Å². The minimum absolute atomic E-state index is 0.121. The molecule has 0 spiro atoms. The number of aryl methyl sites for hydroxylation is 1. The number of carbonyl (C=O) groups is 2. The zero-order valence-corrected chi connectivity index (χ0v) is 16.7. The second-order valence-corrected chi connectivity index (χ2v) is 7.00. The number of anilines is 1. The van der Waals surface area contributed by atoms with Gasteiger partial charge in [0.2, 0.25) is 0 Å². The highest BCUT2D eigenvalue weighted by Crippen LogP contribution is 2.33. The molecule has 1 N–H and O–H groups in total. The molecule has 2 aromatic rings. The fourth-order valence-electron chi connectivity index (χ4n) is 2.91. The maximum absolute atomic E-state index is 12.9. The predicted octanol–water partition coefficient (Wildman–Crippen LogP) is 3.35. The van der Waals surface area contributed by atoms with Crippen LogP contribution in [-0.2, 0) is 9.59 Å². The lowest BCUT2D eigenvalue weighted by Gasteiger charge is -2.34. The smallest absolute Gasteiger partial charge is 0.265 e. The van der Waals surface area contributed by atoms with Crippen LogP contribution in [0.25, 0.3) is 0 Å². The Morgan fingerprint density at radius 2 is 2.07 bits per heavy atom. The predicted molar refractivity (Wildman–Crippen MR) is 108 cm³/mol. The van der Waals surface area contributed by atoms with Crippen molar-refractivity contribution in [1.82, 2.24) is 5.32 Å². The molecule has 28 heavy (non-hydrogen) atoms. The van der Waals surface area contributed by atoms with Gasteiger partial charge in [0.1, 0.15) is 11.5 Å². The number of fused-ring (bicyclic) bond motifs is 1. The minimum Gasteiger partial charge on any atom is -0.482 e. The Morgan fingerprint density at radius 1 is 1.29 bits per heavy atom. The highest BCUT2D eigenvalue weighted by atomic mass is 35.5. The third-order valence-corrected chi connectivity index (χ3v) is 4.67. The molecule has 0 saturated carbocycles. The maximum atomic E-state index is 12.9. The van der Waals surface area contributed by atoms with E-state index in [4.69, 9.17) is 21.1 Å². The minimum atomic E-state index is -0.770. The van der Waals surface area contributed by atoms with Crippen molar-refractivity contribution in [2.75, 3.05) is 24.6 Å². The molecule has 0 fully saturated rings. The lowest BCUT2D eigenvalue weighted by molar-refractivity contribution is -0.128. The number of para-hydroxylation sites is 2. The molecule has 0 unspecified atom stereocenters. The molecule has 0 aliphatic carbocycles. The number of hydrogen-bond donors (Lipinski definition) is 1. The Bertz CT molecular complexity index is 871. The van der Waals surface area contributed by atoms with Gasteiger partial charge in [0, 0.05) is 6.54 Å². The zero-order valence-electron chi connectivity index (χ0n) is 15.9. The summed E-state index contributed by atoms with van der Waals surface area (Å²) in [7, 11) is 0. The molecule has 7 heteroatoms. The number of hydrogen-bond acceptors (Lipinski definition) is 4. The molecule has 148 valence electrons. The van der Waals surface area contributed by atoms with E-state index in [2.05, 4.69) is 5.32 Å². The van der Waals surface area contributed by atoms with Gasteiger partial charge >= 0.3 is 0 Å². The zero-order chi connectivity index (χ0) is 20.1. The molecular formula is C21H23ClN2O4. The van der Waals surface area contributed by atoms with E-state index >= 15 is 0 Å². The maximum Gasteiger partial charge on any atom is 0.265 e. The van der Waals surface area contributed by atoms with Gasteiger partial charge in [-0.05, 0) is 43.2 Å². The van der Waals surface area contributed by atoms with Gasteiger partial charge in [-0.3, -0.25) is 9.59 Å². The number of nitrogens with zero attached hydrogens (tertiary/aromatic N) is 1. The SMILES string of the molecule is CCCNC(=O)[C@@H]1CN(C(=O)COc2cc(C)ccc2Cl)c2ccccc2O1. The van der Waals surface area contributed by atoms with Crippen LogP contribution >= 0.6 is 11.6 Å². The number of ether oxygens (including phenoxy) is 2. The van der Waals surface area contributed by atoms with Gasteiger partial charge < -0.3 is 19.7 Å². The van der Waals surface area contributed by atoms with Crippen molar-refractivity contribution in [3.8, 4) is 11.5 Å². The van der Waals surface area contributed by atoms with Crippen LogP contribution in [0.1, 0.15) is 18.9 Å². The number of benzene rings is 2. The summed E-state index contributed by atoms with van der Waals surface area (Å²) < 4.78 is 11.4. The van der Waals surface area contributed by atoms with Crippen molar-refractivity contribution in [1.29, 1.82) is 0 Å². The van der Waals surface area contributed by atoms with Crippen LogP contribution in [0.2, 0.25) is 5.02 Å². The summed E-state index contributed by atoms with van der Waals surface area (Å²) in [6, 6.07) is 12.5. The van der Waals surface area contributed by atoms with Crippen molar-refractivity contribution in [2.24, 2.45) is 0 Å². The van der Waals surface area contributed by atoms with Crippen molar-refractivity contribution < 1.29 is 19.1 Å². The first-order valence-corrected chi connectivity index (χ1v) is 9.60. The first kappa shape index (κ1) is 20.0. The Kier molecular flexibility index (Phi) is 6.41. The average Bonchev–Trinajstić information content (AvgIpc) is 2.71. The van der Waals surface area contributed by atoms with E-state index in [1.54, 1.807) is 30.3 Å². The van der Waals surface area contributed by atoms with Gasteiger partial charge in [-0.2, -0.15) is 0 Å². The highest BCUT2D eigenvalue weighted by Gasteiger charge is 2.33. The van der Waals surface area contributed by atoms with Crippen LogP contribution in [0.15, 0.2) is 42.5 Å². The Morgan fingerprint density at radius 3 is 2.86 bits per heavy atom. The lowest BCUT2D eigenvalue weighted by Crippen LogP contribution is -2.51. The van der Waals surface area contributed by atoms with Gasteiger partial charge in [-0.25, -0.2) is 0 Å². The number of amides is 2. The van der Waals surface area contributed by atoms with Crippen LogP contribution < -0.4 is 19.7 Å². The summed E-state index contributed by atoms with van der Waals surface area (Å²) in [5.41, 5.74) is 1.60. The topological polar surface area (TPSA) is 67.9 Å². The van der Waals surface area contributed by atoms with Gasteiger partial charge in [-0.15, -0.1) is 0 Å². The average molecular weight is 403 g/mol. The molecule has 1 aliphatic rings. The normalized spacial score (nSPS) is 15.4. The summed E-state index contributed by atoms with van der Waals surface area (Å²) in [5, 5.41) is 3.26. The Labute approximate surface area is 169 Å². The lowest BCUT2D eigenvalue weighted by atomic mass is 10.1. The molecule has 1 aliphatic heterocycles. The van der Waals surface area contributed by atoms with Gasteiger partial charge in [0.25, 0.3) is 11.8 Å². The molecular weight excluding hydrogens is 380 g/mol. The van der Waals surface area contributed by atoms with E-state index in [0.717, 1.165) is 12.0 Å². The van der Waals surface area contributed by atoms with Crippen LogP contribution in [0.5, 0.6) is 11.5 Å². The first-order valence-electron chi connectivity index (χ1n) is 9.22. The van der Waals surface area contributed by atoms with Gasteiger partial charge in [-0.1, -0.05) is 36.7 Å². The fraction of sp³-hybridized carbons (Fsp3) is 0.333. The molecule has 2 aromatic carbocycles. The second kappa shape index (κ2) is 8.97. The van der Waals surface area contributed by atoms with Crippen LogP contribution in [0.4, 0.5) is 5.69 Å². The summed E-state index contributed by atoms with van der Waals surface area (Å²) >= 11 is 6.14. The van der Waals surface area contributed by atoms with Crippen LogP contribution in [0.3, 0.4) is 0 Å². The molecule has 6 nitrogen and oxygen atoms in total. The monoisotopic (exact) mass is 402 g/mol. The number of carbonyl (C=O) groups excluding carboxylic acids is 2. The van der Waals surface area contributed by atoms with E-state index in [1.165, 1.54) is 4.90 Å². The van der Waals surface area contributed by atoms with Crippen LogP contribution in [-0.4, -0.2) is 37.6 Å². The molecule has 0 aromatic heterocycles. The third kappa shape index (κ3) is 4.57. The number of nitrogens with one attached hydrogen (secondary N) is 1. The van der Waals surface area contributed by atoms with Gasteiger partial charge in [0.05, 0.1) is 17.3 Å². The van der Waals surface area contributed by atoms with Crippen molar-refractivity contribution in [2.45, 2.75) is 26.4 Å². The molecule has 0 bridgehead atoms. The Hall–Kier alpha value is -2.73. The van der Waals surface area contributed by atoms with Gasteiger partial charge in [0.15, 0.2) is 12.7 Å². The standard InChI is InChI=1S/C21H23ClN2O4/c1-3-10-23-21(26)19-12-24(16-6-4-5-7-17(16)28-19)20(25)13-27-18-11-14(2)8-9-15(18)22/h4-9,11,19H,3,10,12-13H2,1-2H3,(H,23,26)/t19-/m0/s1. The molecule has 1 atom stereocenters. The van der Waals surface area contributed by atoms with Crippen LogP contribution in [0, 0.1) is 6.92 Å².